The molecule has 1 aliphatic heterocycles. The molecule has 0 atom stereocenters. The van der Waals surface area contributed by atoms with Crippen LogP contribution in [0, 0.1) is 0 Å². The Balaban J connectivity index is 1.42. The minimum Gasteiger partial charge on any atom is -0.454 e. The van der Waals surface area contributed by atoms with Crippen LogP contribution in [0.25, 0.3) is 0 Å². The summed E-state index contributed by atoms with van der Waals surface area (Å²) in [5, 5.41) is 12.3. The Morgan fingerprint density at radius 3 is 2.64 bits per heavy atom. The van der Waals surface area contributed by atoms with Crippen LogP contribution in [0.15, 0.2) is 42.6 Å². The maximum Gasteiger partial charge on any atom is 0.231 e. The number of fused-ring (bicyclic) bond motifs is 1. The number of anilines is 2. The number of thiocarbonyl (C=S) groups is 1. The summed E-state index contributed by atoms with van der Waals surface area (Å²) in [5.74, 6) is 1.81. The Morgan fingerprint density at radius 1 is 1.00 bits per heavy atom. The highest BCUT2D eigenvalue weighted by Gasteiger charge is 2.14. The van der Waals surface area contributed by atoms with Gasteiger partial charge < -0.3 is 20.1 Å². The lowest BCUT2D eigenvalue weighted by molar-refractivity contribution is 0.174. The third-order valence-electron chi connectivity index (χ3n) is 3.91. The zero-order valence-electron chi connectivity index (χ0n) is 14.2. The molecule has 0 amide bonds. The Morgan fingerprint density at radius 2 is 1.82 bits per heavy atom. The van der Waals surface area contributed by atoms with E-state index in [1.165, 1.54) is 0 Å². The molecule has 4 rings (SSSR count). The summed E-state index contributed by atoms with van der Waals surface area (Å²) >= 11 is 23.6. The zero-order valence-corrected chi connectivity index (χ0v) is 17.3. The molecule has 0 saturated heterocycles. The van der Waals surface area contributed by atoms with Gasteiger partial charge >= 0.3 is 0 Å². The van der Waals surface area contributed by atoms with Gasteiger partial charge in [-0.3, -0.25) is 4.68 Å². The zero-order chi connectivity index (χ0) is 19.7. The maximum atomic E-state index is 6.27. The van der Waals surface area contributed by atoms with Crippen molar-refractivity contribution >= 4 is 63.6 Å². The Hall–Kier alpha value is -2.19. The molecule has 1 aromatic heterocycles. The number of hydrogen-bond acceptors (Lipinski definition) is 4. The van der Waals surface area contributed by atoms with Gasteiger partial charge in [-0.25, -0.2) is 0 Å². The molecule has 2 heterocycles. The van der Waals surface area contributed by atoms with Crippen LogP contribution in [0.5, 0.6) is 11.5 Å². The van der Waals surface area contributed by atoms with E-state index in [9.17, 15) is 0 Å². The predicted octanol–water partition coefficient (Wildman–Crippen LogP) is 5.43. The summed E-state index contributed by atoms with van der Waals surface area (Å²) in [6.07, 6.45) is 1.70. The SMILES string of the molecule is S=C(Nc1ccc2c(c1)OCO2)Nc1nn(Cc2ccc(Cl)c(Cl)c2)cc1Cl. The van der Waals surface area contributed by atoms with Crippen molar-refractivity contribution in [3.63, 3.8) is 0 Å². The predicted molar refractivity (Wildman–Crippen MR) is 115 cm³/mol. The van der Waals surface area contributed by atoms with Crippen LogP contribution in [0.4, 0.5) is 11.5 Å². The highest BCUT2D eigenvalue weighted by atomic mass is 35.5. The topological polar surface area (TPSA) is 60.3 Å². The lowest BCUT2D eigenvalue weighted by Crippen LogP contribution is -2.19. The average molecular weight is 456 g/mol. The van der Waals surface area contributed by atoms with Crippen molar-refractivity contribution in [1.29, 1.82) is 0 Å². The Bertz CT molecular complexity index is 1060. The second-order valence-electron chi connectivity index (χ2n) is 5.92. The standard InChI is InChI=1S/C18H13Cl3N4O2S/c19-12-3-1-10(5-13(12)20)7-25-8-14(21)17(24-25)23-18(28)22-11-2-4-15-16(6-11)27-9-26-15/h1-6,8H,7,9H2,(H2,22,23,24,28). The van der Waals surface area contributed by atoms with Crippen molar-refractivity contribution in [3.8, 4) is 11.5 Å². The van der Waals surface area contributed by atoms with Gasteiger partial charge in [-0.05, 0) is 42.0 Å². The third kappa shape index (κ3) is 4.28. The summed E-state index contributed by atoms with van der Waals surface area (Å²) < 4.78 is 12.3. The maximum absolute atomic E-state index is 6.27. The van der Waals surface area contributed by atoms with Crippen LogP contribution < -0.4 is 20.1 Å². The summed E-state index contributed by atoms with van der Waals surface area (Å²) in [5.41, 5.74) is 1.70. The molecule has 1 aliphatic rings. The second kappa shape index (κ2) is 8.05. The van der Waals surface area contributed by atoms with Crippen molar-refractivity contribution in [1.82, 2.24) is 9.78 Å². The molecule has 0 bridgehead atoms. The highest BCUT2D eigenvalue weighted by molar-refractivity contribution is 7.80. The second-order valence-corrected chi connectivity index (χ2v) is 7.55. The van der Waals surface area contributed by atoms with Gasteiger partial charge in [-0.15, -0.1) is 0 Å². The van der Waals surface area contributed by atoms with E-state index in [0.717, 1.165) is 11.3 Å². The minimum absolute atomic E-state index is 0.216. The summed E-state index contributed by atoms with van der Waals surface area (Å²) in [7, 11) is 0. The number of halogens is 3. The van der Waals surface area contributed by atoms with Crippen LogP contribution >= 0.6 is 47.0 Å². The van der Waals surface area contributed by atoms with Gasteiger partial charge in [0.05, 0.1) is 16.6 Å². The number of hydrogen-bond donors (Lipinski definition) is 2. The molecular weight excluding hydrogens is 443 g/mol. The molecule has 0 saturated carbocycles. The monoisotopic (exact) mass is 454 g/mol. The molecule has 144 valence electrons. The summed E-state index contributed by atoms with van der Waals surface area (Å²) in [6, 6.07) is 10.9. The minimum atomic E-state index is 0.216. The van der Waals surface area contributed by atoms with Crippen LogP contribution in [0.3, 0.4) is 0 Å². The van der Waals surface area contributed by atoms with E-state index in [1.54, 1.807) is 29.1 Å². The van der Waals surface area contributed by atoms with Gasteiger partial charge in [0.1, 0.15) is 5.02 Å². The van der Waals surface area contributed by atoms with E-state index in [-0.39, 0.29) is 6.79 Å². The molecule has 28 heavy (non-hydrogen) atoms. The van der Waals surface area contributed by atoms with Gasteiger partial charge in [0.25, 0.3) is 0 Å². The van der Waals surface area contributed by atoms with E-state index in [0.29, 0.717) is 44.0 Å². The van der Waals surface area contributed by atoms with Gasteiger partial charge in [0.2, 0.25) is 6.79 Å². The molecule has 2 aromatic carbocycles. The van der Waals surface area contributed by atoms with Gasteiger partial charge in [0, 0.05) is 18.0 Å². The van der Waals surface area contributed by atoms with Crippen molar-refractivity contribution < 1.29 is 9.47 Å². The van der Waals surface area contributed by atoms with Crippen LogP contribution in [-0.4, -0.2) is 21.7 Å². The first-order chi connectivity index (χ1) is 13.5. The number of ether oxygens (including phenoxy) is 2. The van der Waals surface area contributed by atoms with Crippen LogP contribution in [-0.2, 0) is 6.54 Å². The fraction of sp³-hybridized carbons (Fsp3) is 0.111. The van der Waals surface area contributed by atoms with E-state index >= 15 is 0 Å². The Labute approximate surface area is 181 Å². The summed E-state index contributed by atoms with van der Waals surface area (Å²) in [6.45, 7) is 0.702. The van der Waals surface area contributed by atoms with E-state index in [4.69, 9.17) is 56.5 Å². The van der Waals surface area contributed by atoms with Crippen LogP contribution in [0.1, 0.15) is 5.56 Å². The fourth-order valence-corrected chi connectivity index (χ4v) is 3.36. The molecule has 10 heteroatoms. The molecule has 0 unspecified atom stereocenters. The Kier molecular flexibility index (Phi) is 5.50. The number of benzene rings is 2. The number of rotatable bonds is 4. The molecule has 0 radical (unpaired) electrons. The lowest BCUT2D eigenvalue weighted by Gasteiger charge is -2.09. The smallest absolute Gasteiger partial charge is 0.231 e. The van der Waals surface area contributed by atoms with Crippen molar-refractivity contribution in [2.75, 3.05) is 17.4 Å². The van der Waals surface area contributed by atoms with Gasteiger partial charge in [0.15, 0.2) is 22.4 Å². The van der Waals surface area contributed by atoms with E-state index in [1.807, 2.05) is 18.2 Å². The first kappa shape index (κ1) is 19.1. The fourth-order valence-electron chi connectivity index (χ4n) is 2.63. The quantitative estimate of drug-likeness (QED) is 0.512. The third-order valence-corrected chi connectivity index (χ3v) is 5.13. The van der Waals surface area contributed by atoms with E-state index in [2.05, 4.69) is 15.7 Å². The largest absolute Gasteiger partial charge is 0.454 e. The molecule has 6 nitrogen and oxygen atoms in total. The lowest BCUT2D eigenvalue weighted by atomic mass is 10.2. The molecular formula is C18H13Cl3N4O2S. The summed E-state index contributed by atoms with van der Waals surface area (Å²) in [4.78, 5) is 0. The van der Waals surface area contributed by atoms with E-state index < -0.39 is 0 Å². The number of aromatic nitrogens is 2. The van der Waals surface area contributed by atoms with Crippen molar-refractivity contribution in [3.05, 3.63) is 63.2 Å². The molecule has 0 fully saturated rings. The molecule has 0 spiro atoms. The number of nitrogens with zero attached hydrogens (tertiary/aromatic N) is 2. The average Bonchev–Trinajstić information content (AvgIpc) is 3.24. The van der Waals surface area contributed by atoms with Crippen molar-refractivity contribution in [2.45, 2.75) is 6.54 Å². The van der Waals surface area contributed by atoms with Crippen molar-refractivity contribution in [2.24, 2.45) is 0 Å². The first-order valence-electron chi connectivity index (χ1n) is 8.12. The van der Waals surface area contributed by atoms with Crippen LogP contribution in [0.2, 0.25) is 15.1 Å². The molecule has 0 aliphatic carbocycles. The first-order valence-corrected chi connectivity index (χ1v) is 9.67. The normalized spacial score (nSPS) is 12.1. The highest BCUT2D eigenvalue weighted by Crippen LogP contribution is 2.34. The van der Waals surface area contributed by atoms with Gasteiger partial charge in [-0.2, -0.15) is 5.10 Å². The van der Waals surface area contributed by atoms with Gasteiger partial charge in [-0.1, -0.05) is 40.9 Å². The molecule has 3 aromatic rings. The molecule has 2 N–H and O–H groups in total. The number of nitrogens with one attached hydrogen (secondary N) is 2.